The zero-order chi connectivity index (χ0) is 23.0. The molecule has 172 valence electrons. The number of rotatable bonds is 8. The first-order valence-electron chi connectivity index (χ1n) is 11.3. The van der Waals surface area contributed by atoms with Crippen molar-refractivity contribution in [2.75, 3.05) is 44.2 Å². The van der Waals surface area contributed by atoms with Crippen molar-refractivity contribution in [1.82, 2.24) is 15.2 Å². The maximum Gasteiger partial charge on any atom is 0.251 e. The lowest BCUT2D eigenvalue weighted by molar-refractivity contribution is 0.0952. The molecule has 2 heterocycles. The Hall–Kier alpha value is -2.77. The number of nitrogens with zero attached hydrogens (tertiary/aromatic N) is 3. The number of benzene rings is 2. The third-order valence-corrected chi connectivity index (χ3v) is 6.41. The van der Waals surface area contributed by atoms with Crippen molar-refractivity contribution in [1.29, 1.82) is 0 Å². The van der Waals surface area contributed by atoms with E-state index < -0.39 is 0 Å². The van der Waals surface area contributed by atoms with Gasteiger partial charge in [-0.3, -0.25) is 14.7 Å². The van der Waals surface area contributed by atoms with Crippen LogP contribution in [0, 0.1) is 5.82 Å². The number of unbranched alkanes of at least 4 members (excludes halogenated alkanes) is 1. The maximum absolute atomic E-state index is 14.2. The van der Waals surface area contributed by atoms with Crippen LogP contribution in [0.5, 0.6) is 0 Å². The van der Waals surface area contributed by atoms with E-state index in [2.05, 4.69) is 36.0 Å². The summed E-state index contributed by atoms with van der Waals surface area (Å²) in [5.74, 6) is -0.229. The molecular weight excluding hydrogens is 483 g/mol. The number of carbonyl (C=O) groups excluding carboxylic acids is 1. The highest BCUT2D eigenvalue weighted by molar-refractivity contribution is 9.10. The molecule has 0 bridgehead atoms. The molecule has 33 heavy (non-hydrogen) atoms. The zero-order valence-corrected chi connectivity index (χ0v) is 20.1. The third kappa shape index (κ3) is 6.39. The van der Waals surface area contributed by atoms with Gasteiger partial charge in [0.05, 0.1) is 11.4 Å². The highest BCUT2D eigenvalue weighted by Crippen LogP contribution is 2.24. The van der Waals surface area contributed by atoms with E-state index in [-0.39, 0.29) is 11.7 Å². The van der Waals surface area contributed by atoms with E-state index in [0.717, 1.165) is 61.3 Å². The number of carbonyl (C=O) groups is 1. The monoisotopic (exact) mass is 510 g/mol. The van der Waals surface area contributed by atoms with E-state index in [1.807, 2.05) is 54.6 Å². The Morgan fingerprint density at radius 3 is 2.48 bits per heavy atom. The van der Waals surface area contributed by atoms with Gasteiger partial charge in [-0.1, -0.05) is 34.1 Å². The molecule has 1 aliphatic rings. The van der Waals surface area contributed by atoms with Crippen molar-refractivity contribution in [3.05, 3.63) is 82.7 Å². The van der Waals surface area contributed by atoms with E-state index in [9.17, 15) is 9.18 Å². The molecule has 0 aliphatic carbocycles. The number of pyridine rings is 1. The average molecular weight is 511 g/mol. The van der Waals surface area contributed by atoms with Gasteiger partial charge in [-0.25, -0.2) is 4.39 Å². The van der Waals surface area contributed by atoms with E-state index in [1.54, 1.807) is 6.20 Å². The number of nitrogens with one attached hydrogen (secondary N) is 1. The molecule has 0 radical (unpaired) electrons. The lowest BCUT2D eigenvalue weighted by Crippen LogP contribution is -2.47. The predicted octanol–water partition coefficient (Wildman–Crippen LogP) is 4.98. The van der Waals surface area contributed by atoms with E-state index >= 15 is 0 Å². The van der Waals surface area contributed by atoms with Gasteiger partial charge in [0.1, 0.15) is 5.82 Å². The second-order valence-corrected chi connectivity index (χ2v) is 9.10. The summed E-state index contributed by atoms with van der Waals surface area (Å²) >= 11 is 3.31. The van der Waals surface area contributed by atoms with Crippen LogP contribution in [0.25, 0.3) is 11.3 Å². The minimum Gasteiger partial charge on any atom is -0.367 e. The number of hydrogen-bond acceptors (Lipinski definition) is 4. The van der Waals surface area contributed by atoms with Crippen LogP contribution in [0.15, 0.2) is 71.3 Å². The van der Waals surface area contributed by atoms with Crippen LogP contribution < -0.4 is 10.2 Å². The second kappa shape index (κ2) is 11.4. The van der Waals surface area contributed by atoms with Gasteiger partial charge < -0.3 is 10.2 Å². The number of aromatic nitrogens is 1. The molecule has 1 aliphatic heterocycles. The van der Waals surface area contributed by atoms with Crippen molar-refractivity contribution in [2.45, 2.75) is 12.8 Å². The first kappa shape index (κ1) is 23.4. The van der Waals surface area contributed by atoms with Crippen molar-refractivity contribution in [3.63, 3.8) is 0 Å². The normalized spacial score (nSPS) is 14.3. The molecule has 7 heteroatoms. The van der Waals surface area contributed by atoms with Crippen molar-refractivity contribution < 1.29 is 9.18 Å². The molecule has 1 fully saturated rings. The van der Waals surface area contributed by atoms with Gasteiger partial charge in [-0.15, -0.1) is 0 Å². The molecular formula is C26H28BrFN4O. The molecule has 1 amide bonds. The summed E-state index contributed by atoms with van der Waals surface area (Å²) < 4.78 is 14.9. The minimum absolute atomic E-state index is 0.0484. The Bertz CT molecular complexity index is 1050. The lowest BCUT2D eigenvalue weighted by Gasteiger charge is -2.36. The summed E-state index contributed by atoms with van der Waals surface area (Å²) in [6, 6.07) is 18.6. The molecule has 2 aromatic carbocycles. The fourth-order valence-electron chi connectivity index (χ4n) is 4.04. The van der Waals surface area contributed by atoms with Gasteiger partial charge >= 0.3 is 0 Å². The van der Waals surface area contributed by atoms with Crippen LogP contribution in [0.3, 0.4) is 0 Å². The highest BCUT2D eigenvalue weighted by Gasteiger charge is 2.19. The molecule has 0 atom stereocenters. The highest BCUT2D eigenvalue weighted by atomic mass is 79.9. The summed E-state index contributed by atoms with van der Waals surface area (Å²) in [6.07, 6.45) is 3.71. The van der Waals surface area contributed by atoms with Crippen molar-refractivity contribution >= 4 is 27.5 Å². The minimum atomic E-state index is -0.181. The molecule has 0 saturated carbocycles. The first-order valence-corrected chi connectivity index (χ1v) is 12.1. The summed E-state index contributed by atoms with van der Waals surface area (Å²) in [5.41, 5.74) is 3.22. The Labute approximate surface area is 202 Å². The molecule has 5 nitrogen and oxygen atoms in total. The molecule has 1 saturated heterocycles. The number of halogens is 2. The van der Waals surface area contributed by atoms with Crippen LogP contribution >= 0.6 is 15.9 Å². The Morgan fingerprint density at radius 1 is 1.00 bits per heavy atom. The molecule has 3 aromatic rings. The third-order valence-electron chi connectivity index (χ3n) is 5.92. The summed E-state index contributed by atoms with van der Waals surface area (Å²) in [5, 5.41) is 3.01. The quantitative estimate of drug-likeness (QED) is 0.434. The molecule has 0 spiro atoms. The summed E-state index contributed by atoms with van der Waals surface area (Å²) in [4.78, 5) is 21.3. The first-order chi connectivity index (χ1) is 16.1. The van der Waals surface area contributed by atoms with Crippen LogP contribution in [0.2, 0.25) is 0 Å². The van der Waals surface area contributed by atoms with Crippen molar-refractivity contribution in [2.24, 2.45) is 0 Å². The van der Waals surface area contributed by atoms with Crippen LogP contribution in [0.4, 0.5) is 10.1 Å². The number of piperazine rings is 1. The van der Waals surface area contributed by atoms with E-state index in [4.69, 9.17) is 0 Å². The fraction of sp³-hybridized carbons (Fsp3) is 0.308. The van der Waals surface area contributed by atoms with Gasteiger partial charge in [0.15, 0.2) is 0 Å². The van der Waals surface area contributed by atoms with Crippen LogP contribution in [0.1, 0.15) is 23.2 Å². The lowest BCUT2D eigenvalue weighted by atomic mass is 10.1. The molecule has 0 unspecified atom stereocenters. The maximum atomic E-state index is 14.2. The van der Waals surface area contributed by atoms with Gasteiger partial charge in [0.25, 0.3) is 5.91 Å². The van der Waals surface area contributed by atoms with E-state index in [0.29, 0.717) is 17.8 Å². The van der Waals surface area contributed by atoms with E-state index in [1.165, 1.54) is 6.07 Å². The Balaban J connectivity index is 1.14. The SMILES string of the molecule is O=C(NCCCCN1CCN(c2ccc(Br)cc2F)CC1)c1ccc(-c2ccccn2)cc1. The average Bonchev–Trinajstić information content (AvgIpc) is 2.85. The summed E-state index contributed by atoms with van der Waals surface area (Å²) in [7, 11) is 0. The van der Waals surface area contributed by atoms with Gasteiger partial charge in [-0.05, 0) is 61.9 Å². The van der Waals surface area contributed by atoms with Crippen LogP contribution in [-0.2, 0) is 0 Å². The smallest absolute Gasteiger partial charge is 0.251 e. The second-order valence-electron chi connectivity index (χ2n) is 8.18. The molecule has 1 N–H and O–H groups in total. The number of hydrogen-bond donors (Lipinski definition) is 1. The molecule has 4 rings (SSSR count). The van der Waals surface area contributed by atoms with Crippen molar-refractivity contribution in [3.8, 4) is 11.3 Å². The largest absolute Gasteiger partial charge is 0.367 e. The summed E-state index contributed by atoms with van der Waals surface area (Å²) in [6.45, 7) is 5.14. The van der Waals surface area contributed by atoms with Crippen LogP contribution in [-0.4, -0.2) is 55.1 Å². The van der Waals surface area contributed by atoms with Gasteiger partial charge in [0, 0.05) is 54.5 Å². The predicted molar refractivity (Wildman–Crippen MR) is 134 cm³/mol. The zero-order valence-electron chi connectivity index (χ0n) is 18.5. The Morgan fingerprint density at radius 2 is 1.79 bits per heavy atom. The van der Waals surface area contributed by atoms with Gasteiger partial charge in [0.2, 0.25) is 0 Å². The Kier molecular flexibility index (Phi) is 8.07. The van der Waals surface area contributed by atoms with Gasteiger partial charge in [-0.2, -0.15) is 0 Å². The fourth-order valence-corrected chi connectivity index (χ4v) is 4.37. The number of anilines is 1. The topological polar surface area (TPSA) is 48.5 Å². The number of amides is 1. The molecule has 1 aromatic heterocycles. The standard InChI is InChI=1S/C26H28BrFN4O/c27-22-10-11-25(23(28)19-22)32-17-15-31(16-18-32)14-4-3-13-30-26(33)21-8-6-20(7-9-21)24-5-1-2-12-29-24/h1-2,5-12,19H,3-4,13-18H2,(H,30,33).